The molecule has 1 atom stereocenters. The van der Waals surface area contributed by atoms with Crippen molar-refractivity contribution in [1.82, 2.24) is 14.7 Å². The largest absolute Gasteiger partial charge is 0.353 e. The number of carbonyl (C=O) groups excluding carboxylic acids is 1. The van der Waals surface area contributed by atoms with E-state index in [4.69, 9.17) is 0 Å². The van der Waals surface area contributed by atoms with Crippen molar-refractivity contribution >= 4 is 22.6 Å². The Morgan fingerprint density at radius 2 is 1.93 bits per heavy atom. The Bertz CT molecular complexity index is 788. The summed E-state index contributed by atoms with van der Waals surface area (Å²) in [4.78, 5) is 19.6. The van der Waals surface area contributed by atoms with Crippen LogP contribution in [0.3, 0.4) is 0 Å². The van der Waals surface area contributed by atoms with E-state index < -0.39 is 0 Å². The summed E-state index contributed by atoms with van der Waals surface area (Å²) in [6.07, 6.45) is 8.51. The number of benzene rings is 1. The van der Waals surface area contributed by atoms with E-state index in [1.807, 2.05) is 0 Å². The smallest absolute Gasteiger partial charge is 0.225 e. The van der Waals surface area contributed by atoms with Crippen molar-refractivity contribution < 1.29 is 9.18 Å². The van der Waals surface area contributed by atoms with Crippen LogP contribution >= 0.6 is 11.5 Å². The van der Waals surface area contributed by atoms with Gasteiger partial charge in [0.25, 0.3) is 0 Å². The molecule has 1 aromatic heterocycles. The normalized spacial score (nSPS) is 20.9. The molecule has 1 aliphatic carbocycles. The zero-order valence-electron chi connectivity index (χ0n) is 16.1. The van der Waals surface area contributed by atoms with Crippen molar-refractivity contribution in [3.63, 3.8) is 0 Å². The predicted molar refractivity (Wildman–Crippen MR) is 109 cm³/mol. The molecule has 1 saturated carbocycles. The molecule has 1 aromatic carbocycles. The van der Waals surface area contributed by atoms with Gasteiger partial charge in [-0.25, -0.2) is 9.37 Å². The lowest BCUT2D eigenvalue weighted by Gasteiger charge is -2.33. The van der Waals surface area contributed by atoms with Crippen LogP contribution < -0.4 is 10.2 Å². The maximum atomic E-state index is 13.1. The lowest BCUT2D eigenvalue weighted by molar-refractivity contribution is -0.126. The molecule has 7 heteroatoms. The first-order valence-electron chi connectivity index (χ1n) is 10.3. The van der Waals surface area contributed by atoms with Crippen LogP contribution in [0.25, 0.3) is 0 Å². The Labute approximate surface area is 169 Å². The van der Waals surface area contributed by atoms with E-state index in [-0.39, 0.29) is 17.6 Å². The zero-order chi connectivity index (χ0) is 19.3. The van der Waals surface area contributed by atoms with E-state index in [0.717, 1.165) is 48.7 Å². The van der Waals surface area contributed by atoms with Crippen LogP contribution in [0.5, 0.6) is 0 Å². The van der Waals surface area contributed by atoms with E-state index in [1.54, 1.807) is 12.1 Å². The van der Waals surface area contributed by atoms with Crippen molar-refractivity contribution in [3.8, 4) is 0 Å². The highest BCUT2D eigenvalue weighted by Crippen LogP contribution is 2.26. The number of nitrogens with one attached hydrogen (secondary N) is 1. The lowest BCUT2D eigenvalue weighted by Crippen LogP contribution is -2.46. The average Bonchev–Trinajstić information content (AvgIpc) is 3.19. The molecule has 0 radical (unpaired) electrons. The molecule has 2 aromatic rings. The van der Waals surface area contributed by atoms with Gasteiger partial charge in [-0.05, 0) is 43.4 Å². The molecule has 150 valence electrons. The molecular weight excluding hydrogens is 375 g/mol. The molecule has 5 nitrogen and oxygen atoms in total. The third kappa shape index (κ3) is 4.87. The topological polar surface area (TPSA) is 58.1 Å². The minimum atomic E-state index is -0.235. The van der Waals surface area contributed by atoms with E-state index in [2.05, 4.69) is 19.6 Å². The fraction of sp³-hybridized carbons (Fsp3) is 0.571. The van der Waals surface area contributed by atoms with Gasteiger partial charge < -0.3 is 10.2 Å². The molecule has 2 aliphatic rings. The van der Waals surface area contributed by atoms with Crippen LogP contribution in [0.2, 0.25) is 0 Å². The number of hydrogen-bond acceptors (Lipinski definition) is 5. The highest BCUT2D eigenvalue weighted by molar-refractivity contribution is 7.09. The molecular formula is C21H27FN4OS. The van der Waals surface area contributed by atoms with Crippen LogP contribution in [-0.4, -0.2) is 34.4 Å². The molecule has 2 heterocycles. The van der Waals surface area contributed by atoms with Gasteiger partial charge in [-0.15, -0.1) is 0 Å². The Morgan fingerprint density at radius 3 is 2.71 bits per heavy atom. The van der Waals surface area contributed by atoms with Gasteiger partial charge in [0.15, 0.2) is 0 Å². The van der Waals surface area contributed by atoms with Crippen LogP contribution in [0.1, 0.15) is 56.3 Å². The number of aromatic nitrogens is 2. The molecule has 4 rings (SSSR count). The fourth-order valence-corrected chi connectivity index (χ4v) is 4.88. The summed E-state index contributed by atoms with van der Waals surface area (Å²) in [6, 6.07) is 6.82. The summed E-state index contributed by atoms with van der Waals surface area (Å²) >= 11 is 1.39. The number of rotatable bonds is 5. The van der Waals surface area contributed by atoms with Crippen molar-refractivity contribution in [3.05, 3.63) is 41.5 Å². The monoisotopic (exact) mass is 402 g/mol. The lowest BCUT2D eigenvalue weighted by atomic mass is 9.93. The Balaban J connectivity index is 1.34. The van der Waals surface area contributed by atoms with Gasteiger partial charge in [0.1, 0.15) is 11.6 Å². The van der Waals surface area contributed by atoms with E-state index in [9.17, 15) is 9.18 Å². The van der Waals surface area contributed by atoms with Crippen LogP contribution in [0, 0.1) is 11.7 Å². The van der Waals surface area contributed by atoms with Crippen molar-refractivity contribution in [2.45, 2.75) is 57.4 Å². The van der Waals surface area contributed by atoms with Gasteiger partial charge in [-0.2, -0.15) is 4.37 Å². The first kappa shape index (κ1) is 19.3. The molecule has 1 amide bonds. The highest BCUT2D eigenvalue weighted by atomic mass is 32.1. The van der Waals surface area contributed by atoms with Crippen LogP contribution in [-0.2, 0) is 11.2 Å². The van der Waals surface area contributed by atoms with Gasteiger partial charge in [-0.3, -0.25) is 4.79 Å². The van der Waals surface area contributed by atoms with Crippen molar-refractivity contribution in [2.75, 3.05) is 18.0 Å². The number of nitrogens with zero attached hydrogens (tertiary/aromatic N) is 3. The fourth-order valence-electron chi connectivity index (χ4n) is 4.16. The Hall–Kier alpha value is -2.02. The highest BCUT2D eigenvalue weighted by Gasteiger charge is 2.29. The predicted octanol–water partition coefficient (Wildman–Crippen LogP) is 3.93. The second kappa shape index (κ2) is 8.99. The molecule has 2 fully saturated rings. The number of hydrogen-bond donors (Lipinski definition) is 1. The van der Waals surface area contributed by atoms with Crippen molar-refractivity contribution in [2.24, 2.45) is 5.92 Å². The first-order valence-corrected chi connectivity index (χ1v) is 11.1. The van der Waals surface area contributed by atoms with E-state index in [1.165, 1.54) is 42.9 Å². The Kier molecular flexibility index (Phi) is 6.20. The second-order valence-electron chi connectivity index (χ2n) is 7.93. The van der Waals surface area contributed by atoms with Gasteiger partial charge in [0.05, 0.1) is 5.92 Å². The molecule has 1 N–H and O–H groups in total. The third-order valence-electron chi connectivity index (χ3n) is 5.75. The summed E-state index contributed by atoms with van der Waals surface area (Å²) < 4.78 is 17.5. The number of amides is 1. The molecule has 1 unspecified atom stereocenters. The molecule has 0 spiro atoms. The molecule has 28 heavy (non-hydrogen) atoms. The molecule has 1 saturated heterocycles. The number of carbonyl (C=O) groups is 1. The van der Waals surface area contributed by atoms with Crippen LogP contribution in [0.4, 0.5) is 9.52 Å². The summed E-state index contributed by atoms with van der Waals surface area (Å²) in [5.41, 5.74) is 0.995. The third-order valence-corrected chi connectivity index (χ3v) is 6.56. The summed E-state index contributed by atoms with van der Waals surface area (Å²) in [5.74, 6) is 0.745. The maximum Gasteiger partial charge on any atom is 0.225 e. The second-order valence-corrected chi connectivity index (χ2v) is 8.66. The van der Waals surface area contributed by atoms with E-state index in [0.29, 0.717) is 19.0 Å². The number of piperidine rings is 1. The van der Waals surface area contributed by atoms with Gasteiger partial charge in [0, 0.05) is 37.1 Å². The van der Waals surface area contributed by atoms with Gasteiger partial charge >= 0.3 is 0 Å². The van der Waals surface area contributed by atoms with Gasteiger partial charge in [0.2, 0.25) is 11.0 Å². The standard InChI is InChI=1S/C21H27FN4OS/c22-17-10-8-15(9-11-17)13-19-24-21(28-25-19)26-12-4-5-16(14-26)20(27)23-18-6-2-1-3-7-18/h8-11,16,18H,1-7,12-14H2,(H,23,27). The zero-order valence-corrected chi connectivity index (χ0v) is 16.9. The average molecular weight is 403 g/mol. The minimum Gasteiger partial charge on any atom is -0.353 e. The van der Waals surface area contributed by atoms with E-state index >= 15 is 0 Å². The SMILES string of the molecule is O=C(NC1CCCCC1)C1CCCN(c2nc(Cc3ccc(F)cc3)ns2)C1. The minimum absolute atomic E-state index is 0.0279. The van der Waals surface area contributed by atoms with Gasteiger partial charge in [-0.1, -0.05) is 31.4 Å². The number of halogens is 1. The first-order chi connectivity index (χ1) is 13.7. The summed E-state index contributed by atoms with van der Waals surface area (Å²) in [5, 5.41) is 4.16. The molecule has 1 aliphatic heterocycles. The molecule has 0 bridgehead atoms. The summed E-state index contributed by atoms with van der Waals surface area (Å²) in [6.45, 7) is 1.63. The van der Waals surface area contributed by atoms with Crippen LogP contribution in [0.15, 0.2) is 24.3 Å². The number of anilines is 1. The van der Waals surface area contributed by atoms with Crippen molar-refractivity contribution in [1.29, 1.82) is 0 Å². The summed E-state index contributed by atoms with van der Waals surface area (Å²) in [7, 11) is 0. The maximum absolute atomic E-state index is 13.1. The quantitative estimate of drug-likeness (QED) is 0.823. The Morgan fingerprint density at radius 1 is 1.14 bits per heavy atom.